The second-order valence-corrected chi connectivity index (χ2v) is 8.66. The zero-order chi connectivity index (χ0) is 18.0. The average Bonchev–Trinajstić information content (AvgIpc) is 2.58. The number of fused-ring (bicyclic) bond motifs is 1. The van der Waals surface area contributed by atoms with Crippen molar-refractivity contribution >= 4 is 50.4 Å². The number of pyridine rings is 1. The molecule has 1 fully saturated rings. The van der Waals surface area contributed by atoms with Crippen molar-refractivity contribution < 1.29 is 8.42 Å². The van der Waals surface area contributed by atoms with Crippen molar-refractivity contribution in [2.75, 3.05) is 44.3 Å². The molecule has 8 nitrogen and oxygen atoms in total. The van der Waals surface area contributed by atoms with Crippen LogP contribution in [0.25, 0.3) is 0 Å². The van der Waals surface area contributed by atoms with E-state index in [0.29, 0.717) is 36.3 Å². The number of nitrogens with one attached hydrogen (secondary N) is 2. The summed E-state index contributed by atoms with van der Waals surface area (Å²) in [4.78, 5) is 6.25. The first-order valence-electron chi connectivity index (χ1n) is 7.81. The van der Waals surface area contributed by atoms with E-state index in [0.717, 1.165) is 30.1 Å². The number of hydrazone groups is 1. The number of piperazine rings is 1. The van der Waals surface area contributed by atoms with E-state index in [1.165, 1.54) is 10.6 Å². The molecule has 2 N–H and O–H groups in total. The molecular formula is C14H19ClN6O2S2. The van der Waals surface area contributed by atoms with Crippen molar-refractivity contribution in [3.8, 4) is 0 Å². The Kier molecular flexibility index (Phi) is 5.42. The third-order valence-corrected chi connectivity index (χ3v) is 5.95. The molecule has 1 aromatic rings. The van der Waals surface area contributed by atoms with Crippen molar-refractivity contribution in [1.29, 1.82) is 0 Å². The first-order chi connectivity index (χ1) is 11.8. The number of hydrogen-bond acceptors (Lipinski definition) is 6. The first kappa shape index (κ1) is 18.3. The van der Waals surface area contributed by atoms with Crippen LogP contribution in [0.15, 0.2) is 17.4 Å². The normalized spacial score (nSPS) is 20.1. The highest BCUT2D eigenvalue weighted by molar-refractivity contribution is 7.88. The average molecular weight is 403 g/mol. The monoisotopic (exact) mass is 402 g/mol. The summed E-state index contributed by atoms with van der Waals surface area (Å²) in [5.74, 6) is 0. The maximum absolute atomic E-state index is 11.6. The molecule has 0 spiro atoms. The number of anilines is 1. The Bertz CT molecular complexity index is 806. The van der Waals surface area contributed by atoms with Gasteiger partial charge in [0, 0.05) is 45.3 Å². The Morgan fingerprint density at radius 2 is 2.12 bits per heavy atom. The topological polar surface area (TPSA) is 89.9 Å². The van der Waals surface area contributed by atoms with Gasteiger partial charge < -0.3 is 10.2 Å². The minimum absolute atomic E-state index is 0.421. The summed E-state index contributed by atoms with van der Waals surface area (Å²) in [6.45, 7) is 2.66. The maximum atomic E-state index is 11.6. The van der Waals surface area contributed by atoms with E-state index >= 15 is 0 Å². The van der Waals surface area contributed by atoms with Gasteiger partial charge in [0.2, 0.25) is 10.0 Å². The Hall–Kier alpha value is -1.49. The van der Waals surface area contributed by atoms with Gasteiger partial charge in [-0.2, -0.15) is 9.41 Å². The van der Waals surface area contributed by atoms with Crippen molar-refractivity contribution in [3.63, 3.8) is 0 Å². The highest BCUT2D eigenvalue weighted by atomic mass is 35.5. The van der Waals surface area contributed by atoms with Gasteiger partial charge in [-0.15, -0.1) is 0 Å². The van der Waals surface area contributed by atoms with E-state index in [4.69, 9.17) is 23.8 Å². The van der Waals surface area contributed by atoms with Crippen LogP contribution in [0.5, 0.6) is 0 Å². The van der Waals surface area contributed by atoms with Gasteiger partial charge in [-0.05, 0) is 18.3 Å². The van der Waals surface area contributed by atoms with Crippen molar-refractivity contribution in [3.05, 3.63) is 23.0 Å². The maximum Gasteiger partial charge on any atom is 0.211 e. The molecule has 25 heavy (non-hydrogen) atoms. The first-order valence-corrected chi connectivity index (χ1v) is 10.4. The van der Waals surface area contributed by atoms with Crippen LogP contribution in [-0.4, -0.2) is 72.4 Å². The molecule has 2 aliphatic heterocycles. The Labute approximate surface area is 157 Å². The summed E-state index contributed by atoms with van der Waals surface area (Å²) in [5.41, 5.74) is 5.33. The van der Waals surface area contributed by atoms with Gasteiger partial charge in [-0.3, -0.25) is 10.4 Å². The molecular weight excluding hydrogens is 384 g/mol. The lowest BCUT2D eigenvalue weighted by atomic mass is 10.1. The fraction of sp³-hybridized carbons (Fsp3) is 0.500. The molecule has 0 aromatic carbocycles. The largest absolute Gasteiger partial charge is 0.383 e. The fourth-order valence-corrected chi connectivity index (χ4v) is 3.97. The second-order valence-electron chi connectivity index (χ2n) is 5.85. The zero-order valence-electron chi connectivity index (χ0n) is 13.7. The van der Waals surface area contributed by atoms with Gasteiger partial charge >= 0.3 is 0 Å². The number of rotatable bonds is 2. The van der Waals surface area contributed by atoms with E-state index in [1.54, 1.807) is 6.20 Å². The smallest absolute Gasteiger partial charge is 0.211 e. The molecule has 0 amide bonds. The van der Waals surface area contributed by atoms with Crippen molar-refractivity contribution in [2.45, 2.75) is 6.42 Å². The van der Waals surface area contributed by atoms with Crippen LogP contribution in [0.4, 0.5) is 5.69 Å². The third kappa shape index (κ3) is 4.38. The van der Waals surface area contributed by atoms with E-state index in [9.17, 15) is 8.42 Å². The van der Waals surface area contributed by atoms with Gasteiger partial charge in [0.05, 0.1) is 22.7 Å². The number of thiocarbonyl (C=S) groups is 1. The summed E-state index contributed by atoms with van der Waals surface area (Å²) in [6.07, 6.45) is 3.53. The molecule has 3 rings (SSSR count). The molecule has 0 unspecified atom stereocenters. The number of aromatic nitrogens is 1. The molecule has 0 atom stereocenters. The lowest BCUT2D eigenvalue weighted by Gasteiger charge is -2.34. The lowest BCUT2D eigenvalue weighted by molar-refractivity contribution is 0.265. The highest BCUT2D eigenvalue weighted by Crippen LogP contribution is 2.23. The van der Waals surface area contributed by atoms with Crippen molar-refractivity contribution in [2.24, 2.45) is 5.10 Å². The minimum Gasteiger partial charge on any atom is -0.383 e. The van der Waals surface area contributed by atoms with Crippen LogP contribution in [0.3, 0.4) is 0 Å². The molecule has 11 heteroatoms. The minimum atomic E-state index is -3.15. The third-order valence-electron chi connectivity index (χ3n) is 4.09. The van der Waals surface area contributed by atoms with E-state index in [-0.39, 0.29) is 0 Å². The summed E-state index contributed by atoms with van der Waals surface area (Å²) in [6, 6.07) is 1.82. The molecule has 2 aliphatic rings. The van der Waals surface area contributed by atoms with Crippen LogP contribution in [0, 0.1) is 0 Å². The quantitative estimate of drug-likeness (QED) is 0.556. The molecule has 0 radical (unpaired) electrons. The Morgan fingerprint density at radius 3 is 2.80 bits per heavy atom. The summed E-state index contributed by atoms with van der Waals surface area (Å²) >= 11 is 11.3. The second kappa shape index (κ2) is 7.40. The molecule has 1 aromatic heterocycles. The zero-order valence-corrected chi connectivity index (χ0v) is 16.1. The summed E-state index contributed by atoms with van der Waals surface area (Å²) in [7, 11) is -3.15. The number of sulfonamides is 1. The summed E-state index contributed by atoms with van der Waals surface area (Å²) < 4.78 is 24.6. The summed E-state index contributed by atoms with van der Waals surface area (Å²) in [5, 5.41) is 8.70. The van der Waals surface area contributed by atoms with Gasteiger partial charge in [0.15, 0.2) is 5.11 Å². The fourth-order valence-electron chi connectivity index (χ4n) is 2.76. The van der Waals surface area contributed by atoms with Crippen LogP contribution in [-0.2, 0) is 10.0 Å². The molecule has 0 saturated carbocycles. The van der Waals surface area contributed by atoms with Crippen LogP contribution < -0.4 is 10.7 Å². The molecule has 1 saturated heterocycles. The number of halogens is 1. The number of hydrogen-bond donors (Lipinski definition) is 2. The predicted octanol–water partition coefficient (Wildman–Crippen LogP) is 0.706. The van der Waals surface area contributed by atoms with Gasteiger partial charge in [-0.1, -0.05) is 11.6 Å². The van der Waals surface area contributed by atoms with Gasteiger partial charge in [0.1, 0.15) is 5.69 Å². The Balaban J connectivity index is 1.63. The molecule has 0 aliphatic carbocycles. The predicted molar refractivity (Wildman–Crippen MR) is 103 cm³/mol. The standard InChI is InChI=1S/C14H19ClN6O2S2/c1-25(22,23)21-6-4-20(5-7-21)14(24)19-18-11-2-3-16-12-8-10(15)9-17-13(11)12/h8-9,16H,2-7H2,1H3,(H,19,24)/b18-11-. The van der Waals surface area contributed by atoms with Crippen LogP contribution in [0.2, 0.25) is 5.02 Å². The molecule has 136 valence electrons. The molecule has 0 bridgehead atoms. The van der Waals surface area contributed by atoms with Gasteiger partial charge in [0.25, 0.3) is 0 Å². The van der Waals surface area contributed by atoms with Crippen molar-refractivity contribution in [1.82, 2.24) is 19.6 Å². The van der Waals surface area contributed by atoms with Crippen LogP contribution >= 0.6 is 23.8 Å². The van der Waals surface area contributed by atoms with E-state index in [2.05, 4.69) is 20.8 Å². The lowest BCUT2D eigenvalue weighted by Crippen LogP contribution is -2.52. The van der Waals surface area contributed by atoms with E-state index in [1.807, 2.05) is 11.0 Å². The van der Waals surface area contributed by atoms with Gasteiger partial charge in [-0.25, -0.2) is 8.42 Å². The highest BCUT2D eigenvalue weighted by Gasteiger charge is 2.24. The molecule has 3 heterocycles. The Morgan fingerprint density at radius 1 is 1.40 bits per heavy atom. The number of nitrogens with zero attached hydrogens (tertiary/aromatic N) is 4. The van der Waals surface area contributed by atoms with Crippen LogP contribution in [0.1, 0.15) is 12.1 Å². The van der Waals surface area contributed by atoms with E-state index < -0.39 is 10.0 Å². The SMILES string of the molecule is CS(=O)(=O)N1CCN(C(=S)N/N=C2/CCNc3cc(Cl)cnc32)CC1.